The molecule has 1 rings (SSSR count). The van der Waals surface area contributed by atoms with Crippen LogP contribution < -0.4 is 0 Å². The van der Waals surface area contributed by atoms with Gasteiger partial charge in [0.25, 0.3) is 0 Å². The smallest absolute Gasteiger partial charge is 0.123 e. The lowest BCUT2D eigenvalue weighted by atomic mass is 10.2. The van der Waals surface area contributed by atoms with E-state index in [1.54, 1.807) is 12.1 Å². The molecule has 0 aliphatic heterocycles. The van der Waals surface area contributed by atoms with Crippen molar-refractivity contribution in [3.63, 3.8) is 0 Å². The number of nitrogens with zero attached hydrogens (tertiary/aromatic N) is 1. The number of unbranched alkanes of at least 4 members (excludes halogenated alkanes) is 1. The Labute approximate surface area is 95.8 Å². The van der Waals surface area contributed by atoms with Crippen LogP contribution in [0.25, 0.3) is 0 Å². The molecule has 0 N–H and O–H groups in total. The van der Waals surface area contributed by atoms with Gasteiger partial charge in [0.1, 0.15) is 5.82 Å². The van der Waals surface area contributed by atoms with Gasteiger partial charge in [-0.25, -0.2) is 4.39 Å². The highest BCUT2D eigenvalue weighted by Crippen LogP contribution is 2.06. The predicted molar refractivity (Wildman–Crippen MR) is 62.7 cm³/mol. The van der Waals surface area contributed by atoms with Crippen molar-refractivity contribution in [3.05, 3.63) is 35.6 Å². The highest BCUT2D eigenvalue weighted by atomic mass is 35.5. The molecule has 3 heteroatoms. The zero-order valence-electron chi connectivity index (χ0n) is 9.05. The molecule has 84 valence electrons. The molecule has 0 saturated heterocycles. The van der Waals surface area contributed by atoms with E-state index in [-0.39, 0.29) is 5.82 Å². The first-order chi connectivity index (χ1) is 7.22. The van der Waals surface area contributed by atoms with Crippen molar-refractivity contribution in [3.8, 4) is 0 Å². The molecule has 15 heavy (non-hydrogen) atoms. The lowest BCUT2D eigenvalue weighted by Crippen LogP contribution is -2.19. The molecule has 0 aliphatic rings. The summed E-state index contributed by atoms with van der Waals surface area (Å²) >= 11 is 5.60. The minimum Gasteiger partial charge on any atom is -0.302 e. The molecular formula is C12H17ClFN. The Bertz CT molecular complexity index is 291. The van der Waals surface area contributed by atoms with Crippen LogP contribution >= 0.6 is 11.6 Å². The summed E-state index contributed by atoms with van der Waals surface area (Å²) < 4.78 is 12.9. The van der Waals surface area contributed by atoms with Crippen molar-refractivity contribution < 1.29 is 4.39 Å². The molecule has 0 atom stereocenters. The van der Waals surface area contributed by atoms with Gasteiger partial charge in [-0.05, 0) is 44.1 Å². The van der Waals surface area contributed by atoms with Gasteiger partial charge < -0.3 is 4.90 Å². The minimum atomic E-state index is -0.165. The average Bonchev–Trinajstić information content (AvgIpc) is 2.18. The van der Waals surface area contributed by atoms with Crippen LogP contribution in [-0.2, 0) is 6.54 Å². The normalized spacial score (nSPS) is 10.9. The highest BCUT2D eigenvalue weighted by molar-refractivity contribution is 6.17. The maximum Gasteiger partial charge on any atom is 0.123 e. The second-order valence-corrected chi connectivity index (χ2v) is 4.14. The quantitative estimate of drug-likeness (QED) is 0.535. The Morgan fingerprint density at radius 2 is 2.13 bits per heavy atom. The fourth-order valence-electron chi connectivity index (χ4n) is 1.50. The Kier molecular flexibility index (Phi) is 5.66. The van der Waals surface area contributed by atoms with Crippen molar-refractivity contribution in [2.75, 3.05) is 19.5 Å². The Balaban J connectivity index is 2.34. The zero-order chi connectivity index (χ0) is 11.1. The van der Waals surface area contributed by atoms with E-state index < -0.39 is 0 Å². The van der Waals surface area contributed by atoms with Crippen LogP contribution in [0.1, 0.15) is 18.4 Å². The van der Waals surface area contributed by atoms with Gasteiger partial charge in [-0.3, -0.25) is 0 Å². The third kappa shape index (κ3) is 5.14. The van der Waals surface area contributed by atoms with Crippen molar-refractivity contribution >= 4 is 11.6 Å². The monoisotopic (exact) mass is 229 g/mol. The van der Waals surface area contributed by atoms with Gasteiger partial charge in [0, 0.05) is 12.4 Å². The van der Waals surface area contributed by atoms with E-state index in [2.05, 4.69) is 4.90 Å². The van der Waals surface area contributed by atoms with Crippen molar-refractivity contribution in [1.82, 2.24) is 4.90 Å². The fraction of sp³-hybridized carbons (Fsp3) is 0.500. The van der Waals surface area contributed by atoms with Crippen LogP contribution in [0.4, 0.5) is 4.39 Å². The lowest BCUT2D eigenvalue weighted by Gasteiger charge is -2.16. The van der Waals surface area contributed by atoms with Gasteiger partial charge in [0.2, 0.25) is 0 Å². The molecule has 0 fully saturated rings. The minimum absolute atomic E-state index is 0.165. The van der Waals surface area contributed by atoms with Crippen LogP contribution in [0.3, 0.4) is 0 Å². The van der Waals surface area contributed by atoms with Gasteiger partial charge in [0.05, 0.1) is 0 Å². The number of alkyl halides is 1. The number of rotatable bonds is 6. The van der Waals surface area contributed by atoms with Gasteiger partial charge in [-0.2, -0.15) is 0 Å². The molecule has 1 aromatic rings. The molecule has 0 aliphatic carbocycles. The number of hydrogen-bond donors (Lipinski definition) is 0. The van der Waals surface area contributed by atoms with Crippen LogP contribution in [-0.4, -0.2) is 24.4 Å². The molecule has 0 heterocycles. The second kappa shape index (κ2) is 6.81. The molecule has 0 radical (unpaired) electrons. The molecule has 0 saturated carbocycles. The van der Waals surface area contributed by atoms with Crippen LogP contribution in [0, 0.1) is 5.82 Å². The Morgan fingerprint density at radius 3 is 2.80 bits per heavy atom. The lowest BCUT2D eigenvalue weighted by molar-refractivity contribution is 0.320. The first kappa shape index (κ1) is 12.5. The molecule has 1 aromatic carbocycles. The third-order valence-electron chi connectivity index (χ3n) is 2.26. The van der Waals surface area contributed by atoms with Crippen LogP contribution in [0.2, 0.25) is 0 Å². The van der Waals surface area contributed by atoms with E-state index in [1.165, 1.54) is 6.07 Å². The summed E-state index contributed by atoms with van der Waals surface area (Å²) in [6.45, 7) is 1.79. The summed E-state index contributed by atoms with van der Waals surface area (Å²) in [6, 6.07) is 6.74. The maximum atomic E-state index is 12.9. The number of hydrogen-bond acceptors (Lipinski definition) is 1. The van der Waals surface area contributed by atoms with E-state index in [1.807, 2.05) is 13.1 Å². The summed E-state index contributed by atoms with van der Waals surface area (Å²) in [5, 5.41) is 0. The Hall–Kier alpha value is -0.600. The number of benzene rings is 1. The van der Waals surface area contributed by atoms with Gasteiger partial charge in [-0.15, -0.1) is 11.6 Å². The summed E-state index contributed by atoms with van der Waals surface area (Å²) in [5.74, 6) is 0.551. The Morgan fingerprint density at radius 1 is 1.33 bits per heavy atom. The van der Waals surface area contributed by atoms with E-state index in [0.717, 1.165) is 31.5 Å². The summed E-state index contributed by atoms with van der Waals surface area (Å²) in [4.78, 5) is 2.18. The van der Waals surface area contributed by atoms with Gasteiger partial charge in [0.15, 0.2) is 0 Å². The first-order valence-electron chi connectivity index (χ1n) is 5.21. The van der Waals surface area contributed by atoms with Crippen molar-refractivity contribution in [2.45, 2.75) is 19.4 Å². The molecular weight excluding hydrogens is 213 g/mol. The first-order valence-corrected chi connectivity index (χ1v) is 5.75. The zero-order valence-corrected chi connectivity index (χ0v) is 9.80. The third-order valence-corrected chi connectivity index (χ3v) is 2.53. The van der Waals surface area contributed by atoms with E-state index >= 15 is 0 Å². The highest BCUT2D eigenvalue weighted by Gasteiger charge is 2.00. The largest absolute Gasteiger partial charge is 0.302 e. The van der Waals surface area contributed by atoms with Crippen molar-refractivity contribution in [2.24, 2.45) is 0 Å². The second-order valence-electron chi connectivity index (χ2n) is 3.76. The molecule has 1 nitrogen and oxygen atoms in total. The fourth-order valence-corrected chi connectivity index (χ4v) is 1.69. The van der Waals surface area contributed by atoms with E-state index in [9.17, 15) is 4.39 Å². The van der Waals surface area contributed by atoms with Gasteiger partial charge >= 0.3 is 0 Å². The SMILES string of the molecule is CN(CCCCCl)Cc1cccc(F)c1. The van der Waals surface area contributed by atoms with Crippen LogP contribution in [0.15, 0.2) is 24.3 Å². The molecule has 0 bridgehead atoms. The van der Waals surface area contributed by atoms with E-state index in [0.29, 0.717) is 5.88 Å². The average molecular weight is 230 g/mol. The number of halogens is 2. The van der Waals surface area contributed by atoms with E-state index in [4.69, 9.17) is 11.6 Å². The standard InChI is InChI=1S/C12H17ClFN/c1-15(8-3-2-7-13)10-11-5-4-6-12(14)9-11/h4-6,9H,2-3,7-8,10H2,1H3. The summed E-state index contributed by atoms with van der Waals surface area (Å²) in [7, 11) is 2.04. The molecule has 0 unspecified atom stereocenters. The summed E-state index contributed by atoms with van der Waals surface area (Å²) in [6.07, 6.45) is 2.13. The predicted octanol–water partition coefficient (Wildman–Crippen LogP) is 3.28. The molecule has 0 aromatic heterocycles. The summed E-state index contributed by atoms with van der Waals surface area (Å²) in [5.41, 5.74) is 1.02. The van der Waals surface area contributed by atoms with Gasteiger partial charge in [-0.1, -0.05) is 12.1 Å². The molecule has 0 amide bonds. The van der Waals surface area contributed by atoms with Crippen molar-refractivity contribution in [1.29, 1.82) is 0 Å². The topological polar surface area (TPSA) is 3.24 Å². The molecule has 0 spiro atoms. The van der Waals surface area contributed by atoms with Crippen LogP contribution in [0.5, 0.6) is 0 Å². The maximum absolute atomic E-state index is 12.9.